The summed E-state index contributed by atoms with van der Waals surface area (Å²) in [5.41, 5.74) is 5.20. The van der Waals surface area contributed by atoms with E-state index in [0.717, 1.165) is 0 Å². The van der Waals surface area contributed by atoms with Gasteiger partial charge in [-0.1, -0.05) is 34.1 Å². The number of carboxylic acids is 1. The summed E-state index contributed by atoms with van der Waals surface area (Å²) < 4.78 is 10.7. The zero-order valence-corrected chi connectivity index (χ0v) is 17.6. The van der Waals surface area contributed by atoms with Crippen LogP contribution in [0, 0.1) is 11.8 Å². The molecule has 27 heavy (non-hydrogen) atoms. The van der Waals surface area contributed by atoms with E-state index >= 15 is 0 Å². The zero-order valence-electron chi connectivity index (χ0n) is 17.6. The SMILES string of the molecule is CC[C@H](C)[C@H](N)C(=O)O[C@@H](CC(=O)O)[C@H](CC(C)C)NC(=O)OC(C)(C)C. The number of carbonyl (C=O) groups is 3. The van der Waals surface area contributed by atoms with E-state index < -0.39 is 48.2 Å². The standard InChI is InChI=1S/C19H36N2O6/c1-8-12(4)16(20)17(24)26-14(10-15(22)23)13(9-11(2)3)21-18(25)27-19(5,6)7/h11-14,16H,8-10,20H2,1-7H3,(H,21,25)(H,22,23)/t12-,13-,14-,16-/m0/s1. The highest BCUT2D eigenvalue weighted by atomic mass is 16.6. The van der Waals surface area contributed by atoms with E-state index in [1.807, 2.05) is 27.7 Å². The first-order valence-corrected chi connectivity index (χ1v) is 9.44. The maximum absolute atomic E-state index is 12.4. The van der Waals surface area contributed by atoms with Crippen LogP contribution in [0.4, 0.5) is 4.79 Å². The molecule has 8 nitrogen and oxygen atoms in total. The molecule has 4 atom stereocenters. The maximum Gasteiger partial charge on any atom is 0.408 e. The second-order valence-electron chi connectivity index (χ2n) is 8.37. The number of hydrogen-bond donors (Lipinski definition) is 3. The largest absolute Gasteiger partial charge is 0.481 e. The number of amides is 1. The van der Waals surface area contributed by atoms with E-state index in [4.69, 9.17) is 15.2 Å². The monoisotopic (exact) mass is 388 g/mol. The molecule has 0 unspecified atom stereocenters. The summed E-state index contributed by atoms with van der Waals surface area (Å²) in [5.74, 6) is -1.78. The first-order valence-electron chi connectivity index (χ1n) is 9.44. The van der Waals surface area contributed by atoms with Crippen LogP contribution in [0.25, 0.3) is 0 Å². The second kappa shape index (κ2) is 11.1. The summed E-state index contributed by atoms with van der Waals surface area (Å²) in [6, 6.07) is -1.56. The number of alkyl carbamates (subject to hydrolysis) is 1. The summed E-state index contributed by atoms with van der Waals surface area (Å²) in [6.07, 6.45) is -1.06. The molecule has 0 fully saturated rings. The minimum absolute atomic E-state index is 0.106. The number of ether oxygens (including phenoxy) is 2. The normalized spacial score (nSPS) is 16.2. The number of rotatable bonds is 10. The molecule has 0 aromatic carbocycles. The molecule has 0 heterocycles. The fourth-order valence-electron chi connectivity index (χ4n) is 2.42. The highest BCUT2D eigenvalue weighted by molar-refractivity contribution is 5.77. The molecule has 0 radical (unpaired) electrons. The topological polar surface area (TPSA) is 128 Å². The lowest BCUT2D eigenvalue weighted by molar-refractivity contribution is -0.157. The van der Waals surface area contributed by atoms with Crippen molar-refractivity contribution in [2.24, 2.45) is 17.6 Å². The van der Waals surface area contributed by atoms with Crippen LogP contribution in [-0.2, 0) is 19.1 Å². The highest BCUT2D eigenvalue weighted by Crippen LogP contribution is 2.18. The van der Waals surface area contributed by atoms with Crippen molar-refractivity contribution in [2.45, 2.75) is 91.5 Å². The molecule has 0 aliphatic carbocycles. The predicted octanol–water partition coefficient (Wildman–Crippen LogP) is 2.69. The van der Waals surface area contributed by atoms with Gasteiger partial charge < -0.3 is 25.6 Å². The van der Waals surface area contributed by atoms with Crippen LogP contribution in [0.2, 0.25) is 0 Å². The lowest BCUT2D eigenvalue weighted by Gasteiger charge is -2.30. The third-order valence-electron chi connectivity index (χ3n) is 4.05. The van der Waals surface area contributed by atoms with Crippen LogP contribution in [0.5, 0.6) is 0 Å². The van der Waals surface area contributed by atoms with Crippen molar-refractivity contribution in [3.05, 3.63) is 0 Å². The van der Waals surface area contributed by atoms with Crippen molar-refractivity contribution < 1.29 is 29.0 Å². The molecule has 0 aliphatic rings. The lowest BCUT2D eigenvalue weighted by Crippen LogP contribution is -2.50. The average molecular weight is 389 g/mol. The van der Waals surface area contributed by atoms with Gasteiger partial charge in [0.1, 0.15) is 17.7 Å². The van der Waals surface area contributed by atoms with Crippen LogP contribution in [0.15, 0.2) is 0 Å². The number of carbonyl (C=O) groups excluding carboxylic acids is 2. The van der Waals surface area contributed by atoms with Crippen molar-refractivity contribution in [1.29, 1.82) is 0 Å². The third-order valence-corrected chi connectivity index (χ3v) is 4.05. The number of nitrogens with two attached hydrogens (primary N) is 1. The molecule has 0 aliphatic heterocycles. The van der Waals surface area contributed by atoms with Gasteiger partial charge in [-0.3, -0.25) is 9.59 Å². The van der Waals surface area contributed by atoms with Gasteiger partial charge in [-0.05, 0) is 39.0 Å². The minimum Gasteiger partial charge on any atom is -0.481 e. The van der Waals surface area contributed by atoms with E-state index in [-0.39, 0.29) is 11.8 Å². The molecule has 0 aromatic rings. The Morgan fingerprint density at radius 1 is 1.15 bits per heavy atom. The number of carboxylic acid groups (broad SMARTS) is 1. The maximum atomic E-state index is 12.4. The molecule has 0 saturated carbocycles. The molecule has 158 valence electrons. The smallest absolute Gasteiger partial charge is 0.408 e. The van der Waals surface area contributed by atoms with Gasteiger partial charge in [0.2, 0.25) is 0 Å². The van der Waals surface area contributed by atoms with Crippen LogP contribution in [0.1, 0.15) is 67.7 Å². The lowest BCUT2D eigenvalue weighted by atomic mass is 9.96. The van der Waals surface area contributed by atoms with E-state index in [1.54, 1.807) is 20.8 Å². The first-order chi connectivity index (χ1) is 12.3. The van der Waals surface area contributed by atoms with E-state index in [0.29, 0.717) is 12.8 Å². The average Bonchev–Trinajstić information content (AvgIpc) is 2.49. The summed E-state index contributed by atoms with van der Waals surface area (Å²) in [4.78, 5) is 35.8. The molecular weight excluding hydrogens is 352 g/mol. The van der Waals surface area contributed by atoms with Gasteiger partial charge in [0, 0.05) is 0 Å². The Balaban J connectivity index is 5.39. The van der Waals surface area contributed by atoms with Gasteiger partial charge >= 0.3 is 18.0 Å². The van der Waals surface area contributed by atoms with Crippen LogP contribution >= 0.6 is 0 Å². The van der Waals surface area contributed by atoms with Crippen molar-refractivity contribution in [3.63, 3.8) is 0 Å². The Bertz CT molecular complexity index is 501. The summed E-state index contributed by atoms with van der Waals surface area (Å²) in [7, 11) is 0. The number of nitrogens with one attached hydrogen (secondary N) is 1. The Labute approximate surface area is 162 Å². The quantitative estimate of drug-likeness (QED) is 0.491. The minimum atomic E-state index is -1.13. The molecule has 0 spiro atoms. The molecule has 8 heteroatoms. The van der Waals surface area contributed by atoms with Crippen molar-refractivity contribution in [1.82, 2.24) is 5.32 Å². The Morgan fingerprint density at radius 3 is 2.11 bits per heavy atom. The number of aliphatic carboxylic acids is 1. The van der Waals surface area contributed by atoms with Gasteiger partial charge in [0.25, 0.3) is 0 Å². The Kier molecular flexibility index (Phi) is 10.4. The van der Waals surface area contributed by atoms with E-state index in [2.05, 4.69) is 5.32 Å². The Morgan fingerprint density at radius 2 is 1.70 bits per heavy atom. The fraction of sp³-hybridized carbons (Fsp3) is 0.842. The summed E-state index contributed by atoms with van der Waals surface area (Å²) >= 11 is 0. The van der Waals surface area contributed by atoms with Crippen LogP contribution < -0.4 is 11.1 Å². The molecule has 0 bridgehead atoms. The highest BCUT2D eigenvalue weighted by Gasteiger charge is 2.33. The molecular formula is C19H36N2O6. The molecule has 0 rings (SSSR count). The van der Waals surface area contributed by atoms with Gasteiger partial charge in [-0.2, -0.15) is 0 Å². The first kappa shape index (κ1) is 25.2. The Hall–Kier alpha value is -1.83. The molecule has 0 aromatic heterocycles. The van der Waals surface area contributed by atoms with Gasteiger partial charge in [-0.25, -0.2) is 4.79 Å². The van der Waals surface area contributed by atoms with Crippen LogP contribution in [-0.4, -0.2) is 46.9 Å². The number of esters is 1. The fourth-order valence-corrected chi connectivity index (χ4v) is 2.42. The molecule has 0 saturated heterocycles. The molecule has 4 N–H and O–H groups in total. The third kappa shape index (κ3) is 10.8. The molecule has 1 amide bonds. The van der Waals surface area contributed by atoms with Crippen molar-refractivity contribution in [2.75, 3.05) is 0 Å². The van der Waals surface area contributed by atoms with Crippen LogP contribution in [0.3, 0.4) is 0 Å². The summed E-state index contributed by atoms with van der Waals surface area (Å²) in [5, 5.41) is 11.9. The number of hydrogen-bond acceptors (Lipinski definition) is 6. The van der Waals surface area contributed by atoms with Crippen molar-refractivity contribution in [3.8, 4) is 0 Å². The predicted molar refractivity (Wildman–Crippen MR) is 102 cm³/mol. The van der Waals surface area contributed by atoms with E-state index in [1.165, 1.54) is 0 Å². The van der Waals surface area contributed by atoms with Gasteiger partial charge in [0.05, 0.1) is 12.5 Å². The second-order valence-corrected chi connectivity index (χ2v) is 8.37. The van der Waals surface area contributed by atoms with Crippen molar-refractivity contribution >= 4 is 18.0 Å². The van der Waals surface area contributed by atoms with Gasteiger partial charge in [0.15, 0.2) is 0 Å². The zero-order chi connectivity index (χ0) is 21.4. The van der Waals surface area contributed by atoms with E-state index in [9.17, 15) is 19.5 Å². The van der Waals surface area contributed by atoms with Gasteiger partial charge in [-0.15, -0.1) is 0 Å². The summed E-state index contributed by atoms with van der Waals surface area (Å²) in [6.45, 7) is 12.8.